The van der Waals surface area contributed by atoms with Crippen LogP contribution in [0.3, 0.4) is 0 Å². The highest BCUT2D eigenvalue weighted by molar-refractivity contribution is 7.17. The normalized spacial score (nSPS) is 14.9. The molecule has 2 amide bonds. The molecule has 0 unspecified atom stereocenters. The molecule has 2 aromatic rings. The molecule has 152 valence electrons. The number of anilines is 2. The van der Waals surface area contributed by atoms with Gasteiger partial charge in [0.2, 0.25) is 0 Å². The van der Waals surface area contributed by atoms with E-state index in [9.17, 15) is 20.0 Å². The number of carbonyl (C=O) groups is 2. The van der Waals surface area contributed by atoms with Gasteiger partial charge in [-0.25, -0.2) is 0 Å². The SMILES string of the molecule is N#Cc1cc(NC[C@H](O)CNC(=O)c2ccc(Cl)s2)ccc1N1CCOCC1=O. The van der Waals surface area contributed by atoms with E-state index in [0.29, 0.717) is 39.3 Å². The second-order valence-corrected chi connectivity index (χ2v) is 8.01. The summed E-state index contributed by atoms with van der Waals surface area (Å²) in [4.78, 5) is 26.0. The Morgan fingerprint density at radius 1 is 1.38 bits per heavy atom. The maximum atomic E-state index is 12.0. The number of rotatable bonds is 7. The van der Waals surface area contributed by atoms with Crippen LogP contribution in [0.25, 0.3) is 0 Å². The summed E-state index contributed by atoms with van der Waals surface area (Å²) in [6.45, 7) is 1.06. The number of nitriles is 1. The smallest absolute Gasteiger partial charge is 0.261 e. The van der Waals surface area contributed by atoms with Crippen molar-refractivity contribution < 1.29 is 19.4 Å². The highest BCUT2D eigenvalue weighted by atomic mass is 35.5. The van der Waals surface area contributed by atoms with Gasteiger partial charge in [-0.3, -0.25) is 9.59 Å². The summed E-state index contributed by atoms with van der Waals surface area (Å²) >= 11 is 6.97. The molecule has 1 aliphatic rings. The molecular formula is C19H19ClN4O4S. The lowest BCUT2D eigenvalue weighted by molar-refractivity contribution is -0.125. The van der Waals surface area contributed by atoms with Crippen molar-refractivity contribution in [2.45, 2.75) is 6.10 Å². The third-order valence-corrected chi connectivity index (χ3v) is 5.46. The van der Waals surface area contributed by atoms with Crippen LogP contribution in [0.5, 0.6) is 0 Å². The first kappa shape index (κ1) is 21.1. The van der Waals surface area contributed by atoms with Crippen molar-refractivity contribution in [3.8, 4) is 6.07 Å². The Morgan fingerprint density at radius 3 is 2.90 bits per heavy atom. The van der Waals surface area contributed by atoms with Gasteiger partial charge < -0.3 is 25.4 Å². The molecular weight excluding hydrogens is 416 g/mol. The minimum Gasteiger partial charge on any atom is -0.389 e. The van der Waals surface area contributed by atoms with E-state index in [2.05, 4.69) is 16.7 Å². The number of benzene rings is 1. The number of nitrogens with zero attached hydrogens (tertiary/aromatic N) is 2. The van der Waals surface area contributed by atoms with Gasteiger partial charge in [0.25, 0.3) is 11.8 Å². The molecule has 3 N–H and O–H groups in total. The first-order valence-electron chi connectivity index (χ1n) is 8.85. The number of hydrogen-bond donors (Lipinski definition) is 3. The molecule has 0 bridgehead atoms. The van der Waals surface area contributed by atoms with E-state index < -0.39 is 6.10 Å². The lowest BCUT2D eigenvalue weighted by atomic mass is 10.1. The van der Waals surface area contributed by atoms with Gasteiger partial charge in [-0.15, -0.1) is 11.3 Å². The zero-order valence-corrected chi connectivity index (χ0v) is 16.9. The molecule has 0 spiro atoms. The number of hydrogen-bond acceptors (Lipinski definition) is 7. The summed E-state index contributed by atoms with van der Waals surface area (Å²) in [7, 11) is 0. The number of thiophene rings is 1. The molecule has 0 radical (unpaired) electrons. The molecule has 3 rings (SSSR count). The second kappa shape index (κ2) is 9.71. The Kier molecular flexibility index (Phi) is 7.06. The molecule has 1 fully saturated rings. The van der Waals surface area contributed by atoms with Gasteiger partial charge in [0.05, 0.1) is 33.2 Å². The lowest BCUT2D eigenvalue weighted by Crippen LogP contribution is -2.42. The number of morpholine rings is 1. The zero-order valence-electron chi connectivity index (χ0n) is 15.4. The third-order valence-electron chi connectivity index (χ3n) is 4.23. The van der Waals surface area contributed by atoms with E-state index in [1.54, 1.807) is 30.3 Å². The predicted molar refractivity (Wildman–Crippen MR) is 110 cm³/mol. The zero-order chi connectivity index (χ0) is 20.8. The molecule has 29 heavy (non-hydrogen) atoms. The number of halogens is 1. The summed E-state index contributed by atoms with van der Waals surface area (Å²) in [6.07, 6.45) is -0.833. The van der Waals surface area contributed by atoms with Gasteiger partial charge >= 0.3 is 0 Å². The maximum Gasteiger partial charge on any atom is 0.261 e. The van der Waals surface area contributed by atoms with Crippen LogP contribution in [0.4, 0.5) is 11.4 Å². The third kappa shape index (κ3) is 5.46. The van der Waals surface area contributed by atoms with Crippen molar-refractivity contribution >= 4 is 46.1 Å². The Hall–Kier alpha value is -2.64. The van der Waals surface area contributed by atoms with Crippen LogP contribution in [0, 0.1) is 11.3 Å². The average molecular weight is 435 g/mol. The monoisotopic (exact) mass is 434 g/mol. The topological polar surface area (TPSA) is 115 Å². The number of carbonyl (C=O) groups excluding carboxylic acids is 2. The number of nitrogens with one attached hydrogen (secondary N) is 2. The fraction of sp³-hybridized carbons (Fsp3) is 0.316. The average Bonchev–Trinajstić information content (AvgIpc) is 3.17. The van der Waals surface area contributed by atoms with Gasteiger partial charge in [-0.2, -0.15) is 5.26 Å². The number of aliphatic hydroxyl groups is 1. The molecule has 2 heterocycles. The van der Waals surface area contributed by atoms with Gasteiger partial charge in [0, 0.05) is 25.3 Å². The van der Waals surface area contributed by atoms with E-state index in [1.807, 2.05) is 0 Å². The van der Waals surface area contributed by atoms with E-state index in [0.717, 1.165) is 11.3 Å². The molecule has 10 heteroatoms. The highest BCUT2D eigenvalue weighted by Gasteiger charge is 2.22. The summed E-state index contributed by atoms with van der Waals surface area (Å²) in [5.74, 6) is -0.487. The van der Waals surface area contributed by atoms with Gasteiger partial charge in [0.15, 0.2) is 0 Å². The molecule has 1 saturated heterocycles. The Morgan fingerprint density at radius 2 is 2.21 bits per heavy atom. The van der Waals surface area contributed by atoms with Crippen molar-refractivity contribution in [1.29, 1.82) is 5.26 Å². The van der Waals surface area contributed by atoms with Crippen LogP contribution in [-0.2, 0) is 9.53 Å². The number of ether oxygens (including phenoxy) is 1. The van der Waals surface area contributed by atoms with Crippen LogP contribution in [-0.4, -0.2) is 55.9 Å². The van der Waals surface area contributed by atoms with Crippen molar-refractivity contribution in [2.75, 3.05) is 43.1 Å². The Labute approximate surface area is 176 Å². The summed E-state index contributed by atoms with van der Waals surface area (Å²) < 4.78 is 5.64. The predicted octanol–water partition coefficient (Wildman–Crippen LogP) is 1.84. The minimum atomic E-state index is -0.833. The molecule has 0 aliphatic carbocycles. The van der Waals surface area contributed by atoms with E-state index in [1.165, 1.54) is 4.90 Å². The van der Waals surface area contributed by atoms with Crippen LogP contribution < -0.4 is 15.5 Å². The van der Waals surface area contributed by atoms with Crippen LogP contribution >= 0.6 is 22.9 Å². The Bertz CT molecular complexity index is 943. The van der Waals surface area contributed by atoms with Crippen LogP contribution in [0.2, 0.25) is 4.34 Å². The van der Waals surface area contributed by atoms with Gasteiger partial charge in [0.1, 0.15) is 12.7 Å². The quantitative estimate of drug-likeness (QED) is 0.612. The van der Waals surface area contributed by atoms with Crippen LogP contribution in [0.1, 0.15) is 15.2 Å². The standard InChI is InChI=1S/C19H19ClN4O4S/c20-17-4-3-16(29-17)19(27)23-10-14(25)9-22-13-1-2-15(12(7-13)8-21)24-5-6-28-11-18(24)26/h1-4,7,14,22,25H,5-6,9-11H2,(H,23,27)/t14-/m0/s1. The fourth-order valence-corrected chi connectivity index (χ4v) is 3.74. The molecule has 1 aliphatic heterocycles. The summed E-state index contributed by atoms with van der Waals surface area (Å²) in [5, 5.41) is 25.2. The maximum absolute atomic E-state index is 12.0. The number of amides is 2. The molecule has 1 aromatic carbocycles. The van der Waals surface area contributed by atoms with E-state index in [-0.39, 0.29) is 31.5 Å². The lowest BCUT2D eigenvalue weighted by Gasteiger charge is -2.27. The first-order valence-corrected chi connectivity index (χ1v) is 10.0. The summed E-state index contributed by atoms with van der Waals surface area (Å²) in [5.41, 5.74) is 1.51. The molecule has 8 nitrogen and oxygen atoms in total. The van der Waals surface area contributed by atoms with Crippen molar-refractivity contribution in [3.05, 3.63) is 45.1 Å². The molecule has 0 saturated carbocycles. The van der Waals surface area contributed by atoms with E-state index in [4.69, 9.17) is 16.3 Å². The van der Waals surface area contributed by atoms with E-state index >= 15 is 0 Å². The first-order chi connectivity index (χ1) is 14.0. The van der Waals surface area contributed by atoms with Crippen molar-refractivity contribution in [3.63, 3.8) is 0 Å². The second-order valence-electron chi connectivity index (χ2n) is 6.29. The van der Waals surface area contributed by atoms with Gasteiger partial charge in [-0.05, 0) is 30.3 Å². The number of aliphatic hydroxyl groups excluding tert-OH is 1. The van der Waals surface area contributed by atoms with Crippen molar-refractivity contribution in [2.24, 2.45) is 0 Å². The minimum absolute atomic E-state index is 0.000456. The molecule has 1 atom stereocenters. The van der Waals surface area contributed by atoms with Crippen molar-refractivity contribution in [1.82, 2.24) is 5.32 Å². The van der Waals surface area contributed by atoms with Crippen LogP contribution in [0.15, 0.2) is 30.3 Å². The molecule has 1 aromatic heterocycles. The fourth-order valence-electron chi connectivity index (χ4n) is 2.79. The Balaban J connectivity index is 1.54. The largest absolute Gasteiger partial charge is 0.389 e. The van der Waals surface area contributed by atoms with Gasteiger partial charge in [-0.1, -0.05) is 11.6 Å². The highest BCUT2D eigenvalue weighted by Crippen LogP contribution is 2.25. The summed E-state index contributed by atoms with van der Waals surface area (Å²) in [6, 6.07) is 10.4.